The van der Waals surface area contributed by atoms with E-state index >= 15 is 0 Å². The number of benzene rings is 1. The van der Waals surface area contributed by atoms with Gasteiger partial charge in [-0.2, -0.15) is 0 Å². The first kappa shape index (κ1) is 16.8. The van der Waals surface area contributed by atoms with Gasteiger partial charge in [-0.25, -0.2) is 9.97 Å². The lowest BCUT2D eigenvalue weighted by molar-refractivity contribution is 0.355. The van der Waals surface area contributed by atoms with Crippen molar-refractivity contribution in [2.24, 2.45) is 7.05 Å². The molecule has 0 radical (unpaired) electrons. The standard InChI is InChI=1S/C20H19N5O2/c1-25-16-10-19(23-14-5-4-8-21-11-14)22-12-15(16)24-20(25)13-6-7-17(26-2)18(9-13)27-3/h4-12H,1-3H3,(H,22,23). The lowest BCUT2D eigenvalue weighted by Crippen LogP contribution is -1.96. The first-order chi connectivity index (χ1) is 13.2. The number of nitrogens with zero attached hydrogens (tertiary/aromatic N) is 4. The number of imidazole rings is 1. The van der Waals surface area contributed by atoms with E-state index in [-0.39, 0.29) is 0 Å². The van der Waals surface area contributed by atoms with Gasteiger partial charge in [-0.3, -0.25) is 4.98 Å². The Morgan fingerprint density at radius 3 is 2.59 bits per heavy atom. The van der Waals surface area contributed by atoms with Gasteiger partial charge in [0, 0.05) is 24.9 Å². The zero-order valence-electron chi connectivity index (χ0n) is 15.3. The molecular weight excluding hydrogens is 342 g/mol. The summed E-state index contributed by atoms with van der Waals surface area (Å²) in [5, 5.41) is 3.25. The molecule has 3 heterocycles. The zero-order chi connectivity index (χ0) is 18.8. The first-order valence-electron chi connectivity index (χ1n) is 8.41. The molecule has 3 aromatic heterocycles. The third-order valence-corrected chi connectivity index (χ3v) is 4.34. The van der Waals surface area contributed by atoms with Gasteiger partial charge >= 0.3 is 0 Å². The molecule has 0 saturated carbocycles. The molecule has 0 amide bonds. The SMILES string of the molecule is COc1ccc(-c2nc3cnc(Nc4cccnc4)cc3n2C)cc1OC. The molecule has 1 aromatic carbocycles. The van der Waals surface area contributed by atoms with Gasteiger partial charge in [0.2, 0.25) is 0 Å². The van der Waals surface area contributed by atoms with Crippen molar-refractivity contribution < 1.29 is 9.47 Å². The minimum absolute atomic E-state index is 0.666. The summed E-state index contributed by atoms with van der Waals surface area (Å²) >= 11 is 0. The average molecular weight is 361 g/mol. The summed E-state index contributed by atoms with van der Waals surface area (Å²) in [5.74, 6) is 2.91. The Balaban J connectivity index is 1.74. The van der Waals surface area contributed by atoms with E-state index in [1.165, 1.54) is 0 Å². The predicted octanol–water partition coefficient (Wildman–Crippen LogP) is 3.79. The van der Waals surface area contributed by atoms with Gasteiger partial charge in [-0.05, 0) is 30.3 Å². The molecular formula is C20H19N5O2. The number of hydrogen-bond acceptors (Lipinski definition) is 6. The van der Waals surface area contributed by atoms with Gasteiger partial charge in [-0.1, -0.05) is 0 Å². The van der Waals surface area contributed by atoms with Crippen molar-refractivity contribution in [1.82, 2.24) is 19.5 Å². The maximum Gasteiger partial charge on any atom is 0.161 e. The van der Waals surface area contributed by atoms with Crippen molar-refractivity contribution in [2.45, 2.75) is 0 Å². The van der Waals surface area contributed by atoms with Gasteiger partial charge < -0.3 is 19.4 Å². The second kappa shape index (κ2) is 6.95. The Morgan fingerprint density at radius 1 is 1.00 bits per heavy atom. The van der Waals surface area contributed by atoms with Crippen LogP contribution in [-0.2, 0) is 7.05 Å². The van der Waals surface area contributed by atoms with Crippen LogP contribution in [0.25, 0.3) is 22.4 Å². The van der Waals surface area contributed by atoms with E-state index in [2.05, 4.69) is 15.3 Å². The van der Waals surface area contributed by atoms with Crippen LogP contribution in [-0.4, -0.2) is 33.7 Å². The number of nitrogens with one attached hydrogen (secondary N) is 1. The largest absolute Gasteiger partial charge is 0.493 e. The number of anilines is 2. The highest BCUT2D eigenvalue weighted by atomic mass is 16.5. The number of ether oxygens (including phenoxy) is 2. The topological polar surface area (TPSA) is 74.1 Å². The molecule has 0 unspecified atom stereocenters. The number of pyridine rings is 2. The quantitative estimate of drug-likeness (QED) is 0.583. The lowest BCUT2D eigenvalue weighted by Gasteiger charge is -2.09. The van der Waals surface area contributed by atoms with Gasteiger partial charge in [0.1, 0.15) is 17.2 Å². The van der Waals surface area contributed by atoms with Crippen LogP contribution in [0.1, 0.15) is 0 Å². The van der Waals surface area contributed by atoms with E-state index in [1.54, 1.807) is 32.8 Å². The number of hydrogen-bond donors (Lipinski definition) is 1. The molecule has 0 atom stereocenters. The Kier molecular flexibility index (Phi) is 4.33. The third kappa shape index (κ3) is 3.15. The Labute approximate surface area is 156 Å². The zero-order valence-corrected chi connectivity index (χ0v) is 15.3. The van der Waals surface area contributed by atoms with E-state index in [4.69, 9.17) is 14.5 Å². The Hall–Kier alpha value is -3.61. The van der Waals surface area contributed by atoms with Crippen LogP contribution in [0.15, 0.2) is 55.0 Å². The van der Waals surface area contributed by atoms with Crippen LogP contribution in [0.2, 0.25) is 0 Å². The summed E-state index contributed by atoms with van der Waals surface area (Å²) in [7, 11) is 5.22. The normalized spacial score (nSPS) is 10.8. The molecule has 1 N–H and O–H groups in total. The fourth-order valence-electron chi connectivity index (χ4n) is 2.98. The molecule has 27 heavy (non-hydrogen) atoms. The van der Waals surface area contributed by atoms with E-state index in [9.17, 15) is 0 Å². The Morgan fingerprint density at radius 2 is 1.85 bits per heavy atom. The van der Waals surface area contributed by atoms with Crippen molar-refractivity contribution in [1.29, 1.82) is 0 Å². The number of rotatable bonds is 5. The molecule has 0 bridgehead atoms. The molecule has 4 rings (SSSR count). The molecule has 0 aliphatic heterocycles. The van der Waals surface area contributed by atoms with Gasteiger partial charge in [0.05, 0.1) is 37.8 Å². The van der Waals surface area contributed by atoms with Crippen LogP contribution in [0.3, 0.4) is 0 Å². The monoisotopic (exact) mass is 361 g/mol. The molecule has 0 aliphatic carbocycles. The second-order valence-corrected chi connectivity index (χ2v) is 5.99. The summed E-state index contributed by atoms with van der Waals surface area (Å²) in [6.07, 6.45) is 5.25. The molecule has 0 saturated heterocycles. The van der Waals surface area contributed by atoms with Crippen LogP contribution in [0, 0.1) is 0 Å². The molecule has 7 nitrogen and oxygen atoms in total. The average Bonchev–Trinajstić information content (AvgIpc) is 3.04. The first-order valence-corrected chi connectivity index (χ1v) is 8.41. The fraction of sp³-hybridized carbons (Fsp3) is 0.150. The third-order valence-electron chi connectivity index (χ3n) is 4.34. The van der Waals surface area contributed by atoms with Crippen LogP contribution < -0.4 is 14.8 Å². The summed E-state index contributed by atoms with van der Waals surface area (Å²) in [6, 6.07) is 11.5. The predicted molar refractivity (Wildman–Crippen MR) is 105 cm³/mol. The van der Waals surface area contributed by atoms with E-state index in [0.29, 0.717) is 11.5 Å². The molecule has 7 heteroatoms. The summed E-state index contributed by atoms with van der Waals surface area (Å²) < 4.78 is 12.8. The highest BCUT2D eigenvalue weighted by Gasteiger charge is 2.14. The molecule has 4 aromatic rings. The molecule has 136 valence electrons. The highest BCUT2D eigenvalue weighted by molar-refractivity contribution is 5.83. The second-order valence-electron chi connectivity index (χ2n) is 5.99. The van der Waals surface area contributed by atoms with Crippen molar-refractivity contribution >= 4 is 22.5 Å². The lowest BCUT2D eigenvalue weighted by atomic mass is 10.2. The van der Waals surface area contributed by atoms with Crippen LogP contribution in [0.4, 0.5) is 11.5 Å². The van der Waals surface area contributed by atoms with Crippen molar-refractivity contribution in [3.63, 3.8) is 0 Å². The smallest absolute Gasteiger partial charge is 0.161 e. The molecule has 0 aliphatic rings. The van der Waals surface area contributed by atoms with Crippen LogP contribution >= 0.6 is 0 Å². The maximum atomic E-state index is 5.41. The molecule has 0 fully saturated rings. The number of aryl methyl sites for hydroxylation is 1. The number of methoxy groups -OCH3 is 2. The summed E-state index contributed by atoms with van der Waals surface area (Å²) in [5.41, 5.74) is 3.61. The fourth-order valence-corrected chi connectivity index (χ4v) is 2.98. The van der Waals surface area contributed by atoms with E-state index < -0.39 is 0 Å². The van der Waals surface area contributed by atoms with Crippen molar-refractivity contribution in [3.8, 4) is 22.9 Å². The van der Waals surface area contributed by atoms with Gasteiger partial charge in [-0.15, -0.1) is 0 Å². The maximum absolute atomic E-state index is 5.41. The highest BCUT2D eigenvalue weighted by Crippen LogP contribution is 2.33. The number of fused-ring (bicyclic) bond motifs is 1. The Bertz CT molecular complexity index is 1090. The minimum Gasteiger partial charge on any atom is -0.493 e. The molecule has 0 spiro atoms. The summed E-state index contributed by atoms with van der Waals surface area (Å²) in [6.45, 7) is 0. The van der Waals surface area contributed by atoms with E-state index in [1.807, 2.05) is 48.0 Å². The van der Waals surface area contributed by atoms with Gasteiger partial charge in [0.15, 0.2) is 11.5 Å². The van der Waals surface area contributed by atoms with Crippen molar-refractivity contribution in [3.05, 3.63) is 55.0 Å². The number of aromatic nitrogens is 4. The van der Waals surface area contributed by atoms with Crippen molar-refractivity contribution in [2.75, 3.05) is 19.5 Å². The minimum atomic E-state index is 0.666. The van der Waals surface area contributed by atoms with E-state index in [0.717, 1.165) is 33.9 Å². The van der Waals surface area contributed by atoms with Gasteiger partial charge in [0.25, 0.3) is 0 Å². The van der Waals surface area contributed by atoms with Crippen LogP contribution in [0.5, 0.6) is 11.5 Å². The summed E-state index contributed by atoms with van der Waals surface area (Å²) in [4.78, 5) is 13.3.